The number of amides is 2. The highest BCUT2D eigenvalue weighted by Crippen LogP contribution is 2.42. The number of ether oxygens (including phenoxy) is 1. The van der Waals surface area contributed by atoms with Crippen LogP contribution in [0.2, 0.25) is 0 Å². The second-order valence-corrected chi connectivity index (χ2v) is 9.54. The summed E-state index contributed by atoms with van der Waals surface area (Å²) in [5.41, 5.74) is 1.20. The van der Waals surface area contributed by atoms with Gasteiger partial charge in [0.1, 0.15) is 5.75 Å². The van der Waals surface area contributed by atoms with Gasteiger partial charge < -0.3 is 14.5 Å². The molecule has 5 nitrogen and oxygen atoms in total. The number of benzene rings is 1. The van der Waals surface area contributed by atoms with Crippen molar-refractivity contribution in [2.45, 2.75) is 64.5 Å². The number of rotatable bonds is 5. The molecule has 3 aliphatic heterocycles. The van der Waals surface area contributed by atoms with Crippen molar-refractivity contribution in [1.29, 1.82) is 0 Å². The standard InChI is InChI=1S/C24H34N2O3/c1-16(2)10-24(28)25-14-18-13-19(15-25)22(26-21(18)8-5-9-23(26)27)12-17-6-4-7-20(11-17)29-3/h4,6-7,11,16,18-19,21-22H,5,8-10,12-15H2,1-3H3/t18-,19+,21+,22+/m1/s1. The van der Waals surface area contributed by atoms with Crippen LogP contribution < -0.4 is 4.74 Å². The summed E-state index contributed by atoms with van der Waals surface area (Å²) >= 11 is 0. The smallest absolute Gasteiger partial charge is 0.223 e. The molecule has 29 heavy (non-hydrogen) atoms. The summed E-state index contributed by atoms with van der Waals surface area (Å²) in [4.78, 5) is 30.1. The number of methoxy groups -OCH3 is 1. The zero-order valence-corrected chi connectivity index (χ0v) is 18.0. The minimum Gasteiger partial charge on any atom is -0.497 e. The highest BCUT2D eigenvalue weighted by atomic mass is 16.5. The molecule has 1 aromatic carbocycles. The topological polar surface area (TPSA) is 49.9 Å². The zero-order chi connectivity index (χ0) is 20.5. The van der Waals surface area contributed by atoms with E-state index in [4.69, 9.17) is 4.74 Å². The summed E-state index contributed by atoms with van der Waals surface area (Å²) in [5.74, 6) is 2.61. The second kappa shape index (κ2) is 8.37. The predicted octanol–water partition coefficient (Wildman–Crippen LogP) is 3.51. The van der Waals surface area contributed by atoms with Gasteiger partial charge in [0.15, 0.2) is 0 Å². The maximum Gasteiger partial charge on any atom is 0.223 e. The van der Waals surface area contributed by atoms with Gasteiger partial charge in [-0.3, -0.25) is 9.59 Å². The van der Waals surface area contributed by atoms with Gasteiger partial charge in [-0.2, -0.15) is 0 Å². The molecule has 3 aliphatic rings. The molecule has 3 heterocycles. The van der Waals surface area contributed by atoms with Crippen molar-refractivity contribution in [2.75, 3.05) is 20.2 Å². The molecule has 0 radical (unpaired) electrons. The Labute approximate surface area is 174 Å². The van der Waals surface area contributed by atoms with Crippen molar-refractivity contribution in [3.8, 4) is 5.75 Å². The van der Waals surface area contributed by atoms with E-state index in [0.29, 0.717) is 36.5 Å². The molecule has 5 heteroatoms. The summed E-state index contributed by atoms with van der Waals surface area (Å²) in [7, 11) is 1.69. The molecule has 2 amide bonds. The molecule has 158 valence electrons. The van der Waals surface area contributed by atoms with Gasteiger partial charge >= 0.3 is 0 Å². The van der Waals surface area contributed by atoms with Crippen LogP contribution >= 0.6 is 0 Å². The number of carbonyl (C=O) groups excluding carboxylic acids is 2. The predicted molar refractivity (Wildman–Crippen MR) is 113 cm³/mol. The zero-order valence-electron chi connectivity index (χ0n) is 18.0. The molecule has 3 saturated heterocycles. The van der Waals surface area contributed by atoms with Gasteiger partial charge in [0.25, 0.3) is 0 Å². The van der Waals surface area contributed by atoms with E-state index < -0.39 is 0 Å². The number of nitrogens with zero attached hydrogens (tertiary/aromatic N) is 2. The van der Waals surface area contributed by atoms with Crippen LogP contribution in [0.25, 0.3) is 0 Å². The molecule has 4 rings (SSSR count). The van der Waals surface area contributed by atoms with Crippen LogP contribution in [-0.4, -0.2) is 53.9 Å². The Kier molecular flexibility index (Phi) is 5.84. The van der Waals surface area contributed by atoms with Crippen LogP contribution in [0.1, 0.15) is 51.5 Å². The number of fused-ring (bicyclic) bond motifs is 4. The van der Waals surface area contributed by atoms with E-state index in [1.807, 2.05) is 12.1 Å². The first-order valence-corrected chi connectivity index (χ1v) is 11.2. The fourth-order valence-corrected chi connectivity index (χ4v) is 5.76. The van der Waals surface area contributed by atoms with Crippen molar-refractivity contribution in [3.63, 3.8) is 0 Å². The average molecular weight is 399 g/mol. The molecule has 4 atom stereocenters. The molecule has 0 unspecified atom stereocenters. The van der Waals surface area contributed by atoms with E-state index in [0.717, 1.165) is 44.5 Å². The van der Waals surface area contributed by atoms with E-state index in [1.54, 1.807) is 7.11 Å². The van der Waals surface area contributed by atoms with Gasteiger partial charge in [-0.25, -0.2) is 0 Å². The van der Waals surface area contributed by atoms with Crippen molar-refractivity contribution < 1.29 is 14.3 Å². The van der Waals surface area contributed by atoms with E-state index >= 15 is 0 Å². The molecule has 2 bridgehead atoms. The molecule has 0 aromatic heterocycles. The summed E-state index contributed by atoms with van der Waals surface area (Å²) in [5, 5.41) is 0. The maximum absolute atomic E-state index is 13.0. The van der Waals surface area contributed by atoms with Gasteiger partial charge in [-0.1, -0.05) is 26.0 Å². The van der Waals surface area contributed by atoms with Gasteiger partial charge in [0.05, 0.1) is 7.11 Å². The molecule has 0 saturated carbocycles. The first-order valence-electron chi connectivity index (χ1n) is 11.2. The molecule has 0 spiro atoms. The Morgan fingerprint density at radius 2 is 2.03 bits per heavy atom. The Morgan fingerprint density at radius 1 is 1.24 bits per heavy atom. The molecular formula is C24H34N2O3. The summed E-state index contributed by atoms with van der Waals surface area (Å²) in [6.45, 7) is 5.82. The van der Waals surface area contributed by atoms with E-state index in [-0.39, 0.29) is 18.0 Å². The fourth-order valence-electron chi connectivity index (χ4n) is 5.76. The Morgan fingerprint density at radius 3 is 2.79 bits per heavy atom. The minimum absolute atomic E-state index is 0.172. The average Bonchev–Trinajstić information content (AvgIpc) is 2.71. The second-order valence-electron chi connectivity index (χ2n) is 9.54. The molecular weight excluding hydrogens is 364 g/mol. The van der Waals surface area contributed by atoms with E-state index in [9.17, 15) is 9.59 Å². The van der Waals surface area contributed by atoms with Crippen LogP contribution in [-0.2, 0) is 16.0 Å². The number of hydrogen-bond donors (Lipinski definition) is 0. The summed E-state index contributed by atoms with van der Waals surface area (Å²) in [6, 6.07) is 8.66. The third-order valence-electron chi connectivity index (χ3n) is 7.01. The summed E-state index contributed by atoms with van der Waals surface area (Å²) < 4.78 is 5.41. The SMILES string of the molecule is COc1cccc(C[C@H]2[C@H]3C[C@H](CN(C(=O)CC(C)C)C3)[C@@H]3CCCC(=O)N32)c1. The lowest BCUT2D eigenvalue weighted by Crippen LogP contribution is -2.66. The van der Waals surface area contributed by atoms with Crippen molar-refractivity contribution in [3.05, 3.63) is 29.8 Å². The molecule has 3 fully saturated rings. The largest absolute Gasteiger partial charge is 0.497 e. The van der Waals surface area contributed by atoms with Crippen LogP contribution in [0.3, 0.4) is 0 Å². The first kappa shape index (κ1) is 20.2. The highest BCUT2D eigenvalue weighted by Gasteiger charge is 2.49. The number of piperidine rings is 3. The summed E-state index contributed by atoms with van der Waals surface area (Å²) in [6.07, 6.45) is 5.31. The van der Waals surface area contributed by atoms with Crippen molar-refractivity contribution in [1.82, 2.24) is 9.80 Å². The van der Waals surface area contributed by atoms with Crippen LogP contribution in [0.15, 0.2) is 24.3 Å². The first-order chi connectivity index (χ1) is 14.0. The third kappa shape index (κ3) is 4.15. The Hall–Kier alpha value is -2.04. The van der Waals surface area contributed by atoms with Crippen LogP contribution in [0.5, 0.6) is 5.75 Å². The monoisotopic (exact) mass is 398 g/mol. The van der Waals surface area contributed by atoms with E-state index in [2.05, 4.69) is 35.8 Å². The normalized spacial score (nSPS) is 29.0. The Balaban J connectivity index is 1.60. The lowest BCUT2D eigenvalue weighted by Gasteiger charge is -2.56. The lowest BCUT2D eigenvalue weighted by atomic mass is 9.70. The number of likely N-dealkylation sites (tertiary alicyclic amines) is 1. The third-order valence-corrected chi connectivity index (χ3v) is 7.01. The van der Waals surface area contributed by atoms with Crippen LogP contribution in [0, 0.1) is 17.8 Å². The Bertz CT molecular complexity index is 762. The van der Waals surface area contributed by atoms with Gasteiger partial charge in [-0.05, 0) is 61.1 Å². The van der Waals surface area contributed by atoms with Crippen molar-refractivity contribution >= 4 is 11.8 Å². The molecule has 1 aromatic rings. The van der Waals surface area contributed by atoms with Gasteiger partial charge in [0, 0.05) is 38.0 Å². The quantitative estimate of drug-likeness (QED) is 0.763. The van der Waals surface area contributed by atoms with Gasteiger partial charge in [-0.15, -0.1) is 0 Å². The number of hydrogen-bond acceptors (Lipinski definition) is 3. The maximum atomic E-state index is 13.0. The number of carbonyl (C=O) groups is 2. The van der Waals surface area contributed by atoms with E-state index in [1.165, 1.54) is 5.56 Å². The molecule has 0 aliphatic carbocycles. The lowest BCUT2D eigenvalue weighted by molar-refractivity contribution is -0.156. The fraction of sp³-hybridized carbons (Fsp3) is 0.667. The van der Waals surface area contributed by atoms with Gasteiger partial charge in [0.2, 0.25) is 11.8 Å². The highest BCUT2D eigenvalue weighted by molar-refractivity contribution is 5.79. The van der Waals surface area contributed by atoms with Crippen molar-refractivity contribution in [2.24, 2.45) is 17.8 Å². The van der Waals surface area contributed by atoms with Crippen LogP contribution in [0.4, 0.5) is 0 Å². The molecule has 0 N–H and O–H groups in total. The minimum atomic E-state index is 0.172.